The third-order valence-corrected chi connectivity index (χ3v) is 4.65. The SMILES string of the molecule is COc1cc(N(CCO)CC[N+](C)(C)C)ccc1N=Nc1ccc([N+](=O)[O-])cc1Cl. The Labute approximate surface area is 180 Å². The van der Waals surface area contributed by atoms with Gasteiger partial charge in [0.05, 0.1) is 57.9 Å². The molecule has 0 saturated heterocycles. The molecule has 9 nitrogen and oxygen atoms in total. The number of aliphatic hydroxyl groups excluding tert-OH is 1. The molecule has 10 heteroatoms. The van der Waals surface area contributed by atoms with Crippen molar-refractivity contribution in [1.29, 1.82) is 0 Å². The van der Waals surface area contributed by atoms with Crippen LogP contribution in [-0.4, -0.2) is 69.0 Å². The predicted molar refractivity (Wildman–Crippen MR) is 117 cm³/mol. The second kappa shape index (κ2) is 10.3. The molecule has 2 rings (SSSR count). The molecule has 1 N–H and O–H groups in total. The van der Waals surface area contributed by atoms with Crippen molar-refractivity contribution in [3.8, 4) is 5.75 Å². The van der Waals surface area contributed by atoms with Crippen molar-refractivity contribution in [2.45, 2.75) is 0 Å². The second-order valence-corrected chi connectivity index (χ2v) is 8.08. The molecule has 0 amide bonds. The molecular formula is C20H27ClN5O4+. The van der Waals surface area contributed by atoms with Gasteiger partial charge in [0.25, 0.3) is 5.69 Å². The summed E-state index contributed by atoms with van der Waals surface area (Å²) in [5, 5.41) is 28.7. The number of methoxy groups -OCH3 is 1. The van der Waals surface area contributed by atoms with Gasteiger partial charge in [-0.25, -0.2) is 0 Å². The number of aliphatic hydroxyl groups is 1. The maximum absolute atomic E-state index is 10.8. The smallest absolute Gasteiger partial charge is 0.271 e. The lowest BCUT2D eigenvalue weighted by Crippen LogP contribution is -2.42. The Morgan fingerprint density at radius 1 is 1.13 bits per heavy atom. The van der Waals surface area contributed by atoms with E-state index in [4.69, 9.17) is 16.3 Å². The number of likely N-dealkylation sites (N-methyl/N-ethyl adjacent to an activating group) is 1. The highest BCUT2D eigenvalue weighted by Crippen LogP contribution is 2.35. The number of azo groups is 1. The first-order chi connectivity index (χ1) is 14.1. The van der Waals surface area contributed by atoms with Crippen molar-refractivity contribution in [3.63, 3.8) is 0 Å². The molecule has 2 aromatic rings. The largest absolute Gasteiger partial charge is 0.494 e. The number of halogens is 1. The molecule has 0 bridgehead atoms. The summed E-state index contributed by atoms with van der Waals surface area (Å²) in [6.07, 6.45) is 0. The fraction of sp³-hybridized carbons (Fsp3) is 0.400. The summed E-state index contributed by atoms with van der Waals surface area (Å²) in [6.45, 7) is 2.22. The molecular weight excluding hydrogens is 410 g/mol. The predicted octanol–water partition coefficient (Wildman–Crippen LogP) is 4.18. The van der Waals surface area contributed by atoms with E-state index in [1.54, 1.807) is 13.2 Å². The molecule has 0 atom stereocenters. The quantitative estimate of drug-likeness (QED) is 0.260. The summed E-state index contributed by atoms with van der Waals surface area (Å²) in [7, 11) is 7.89. The molecule has 0 aliphatic heterocycles. The zero-order valence-corrected chi connectivity index (χ0v) is 18.3. The number of nitro groups is 1. The Balaban J connectivity index is 2.26. The molecule has 0 aromatic heterocycles. The van der Waals surface area contributed by atoms with E-state index >= 15 is 0 Å². The number of non-ortho nitro benzene ring substituents is 1. The molecule has 0 heterocycles. The number of ether oxygens (including phenoxy) is 1. The summed E-state index contributed by atoms with van der Waals surface area (Å²) in [4.78, 5) is 12.4. The maximum Gasteiger partial charge on any atom is 0.271 e. The number of anilines is 1. The lowest BCUT2D eigenvalue weighted by Gasteiger charge is -2.30. The van der Waals surface area contributed by atoms with E-state index in [-0.39, 0.29) is 17.3 Å². The monoisotopic (exact) mass is 436 g/mol. The topological polar surface area (TPSA) is 101 Å². The van der Waals surface area contributed by atoms with E-state index in [1.807, 2.05) is 12.1 Å². The van der Waals surface area contributed by atoms with Crippen LogP contribution < -0.4 is 9.64 Å². The van der Waals surface area contributed by atoms with Gasteiger partial charge in [-0.05, 0) is 18.2 Å². The van der Waals surface area contributed by atoms with Crippen LogP contribution in [0, 0.1) is 10.1 Å². The lowest BCUT2D eigenvalue weighted by atomic mass is 10.2. The standard InChI is InChI=1S/C20H27ClN5O4/c1-26(2,3)11-9-24(10-12-27)15-5-8-19(20(14-15)30-4)23-22-18-7-6-16(25(28)29)13-17(18)21/h5-8,13-14,27H,9-12H2,1-4H3/q+1. The van der Waals surface area contributed by atoms with Gasteiger partial charge in [-0.3, -0.25) is 10.1 Å². The van der Waals surface area contributed by atoms with Crippen molar-refractivity contribution in [2.24, 2.45) is 10.2 Å². The number of nitrogens with zero attached hydrogens (tertiary/aromatic N) is 5. The van der Waals surface area contributed by atoms with Gasteiger partial charge < -0.3 is 19.2 Å². The van der Waals surface area contributed by atoms with Crippen LogP contribution >= 0.6 is 11.6 Å². The molecule has 0 saturated carbocycles. The molecule has 0 radical (unpaired) electrons. The molecule has 0 aliphatic rings. The van der Waals surface area contributed by atoms with E-state index in [0.29, 0.717) is 23.7 Å². The van der Waals surface area contributed by atoms with Crippen LogP contribution in [0.1, 0.15) is 0 Å². The molecule has 2 aromatic carbocycles. The van der Waals surface area contributed by atoms with E-state index < -0.39 is 4.92 Å². The van der Waals surface area contributed by atoms with Crippen LogP contribution in [0.2, 0.25) is 5.02 Å². The van der Waals surface area contributed by atoms with E-state index in [2.05, 4.69) is 36.3 Å². The van der Waals surface area contributed by atoms with E-state index in [0.717, 1.165) is 23.3 Å². The Morgan fingerprint density at radius 3 is 2.37 bits per heavy atom. The first-order valence-corrected chi connectivity index (χ1v) is 9.72. The van der Waals surface area contributed by atoms with Gasteiger partial charge in [0.2, 0.25) is 0 Å². The first kappa shape index (κ1) is 23.5. The Morgan fingerprint density at radius 2 is 1.80 bits per heavy atom. The summed E-state index contributed by atoms with van der Waals surface area (Å²) >= 11 is 6.07. The summed E-state index contributed by atoms with van der Waals surface area (Å²) in [5.41, 5.74) is 1.60. The number of hydrogen-bond acceptors (Lipinski definition) is 7. The molecule has 0 aliphatic carbocycles. The van der Waals surface area contributed by atoms with Crippen molar-refractivity contribution < 1.29 is 19.2 Å². The van der Waals surface area contributed by atoms with Crippen LogP contribution in [0.4, 0.5) is 22.7 Å². The molecule has 0 spiro atoms. The highest BCUT2D eigenvalue weighted by molar-refractivity contribution is 6.33. The fourth-order valence-electron chi connectivity index (χ4n) is 2.66. The van der Waals surface area contributed by atoms with Gasteiger partial charge in [-0.15, -0.1) is 10.2 Å². The number of hydrogen-bond donors (Lipinski definition) is 1. The van der Waals surface area contributed by atoms with Crippen LogP contribution in [-0.2, 0) is 0 Å². The van der Waals surface area contributed by atoms with Gasteiger partial charge >= 0.3 is 0 Å². The van der Waals surface area contributed by atoms with E-state index in [1.165, 1.54) is 18.2 Å². The Hall–Kier alpha value is -2.75. The first-order valence-electron chi connectivity index (χ1n) is 9.34. The number of benzene rings is 2. The summed E-state index contributed by atoms with van der Waals surface area (Å²) < 4.78 is 6.27. The molecule has 0 unspecified atom stereocenters. The van der Waals surface area contributed by atoms with Crippen molar-refractivity contribution in [1.82, 2.24) is 0 Å². The van der Waals surface area contributed by atoms with Gasteiger partial charge in [-0.2, -0.15) is 0 Å². The fourth-order valence-corrected chi connectivity index (χ4v) is 2.87. The second-order valence-electron chi connectivity index (χ2n) is 7.67. The normalized spacial score (nSPS) is 11.7. The van der Waals surface area contributed by atoms with Crippen LogP contribution in [0.25, 0.3) is 0 Å². The van der Waals surface area contributed by atoms with Crippen molar-refractivity contribution >= 4 is 34.4 Å². The minimum Gasteiger partial charge on any atom is -0.494 e. The minimum absolute atomic E-state index is 0.0412. The Bertz CT molecular complexity index is 915. The summed E-state index contributed by atoms with van der Waals surface area (Å²) in [5.74, 6) is 0.516. The zero-order chi connectivity index (χ0) is 22.3. The molecule has 162 valence electrons. The van der Waals surface area contributed by atoms with Crippen LogP contribution in [0.3, 0.4) is 0 Å². The van der Waals surface area contributed by atoms with Gasteiger partial charge in [0.1, 0.15) is 17.1 Å². The summed E-state index contributed by atoms with van der Waals surface area (Å²) in [6, 6.07) is 9.50. The van der Waals surface area contributed by atoms with Crippen molar-refractivity contribution in [2.75, 3.05) is 59.4 Å². The van der Waals surface area contributed by atoms with Gasteiger partial charge in [-0.1, -0.05) is 11.6 Å². The third-order valence-electron chi connectivity index (χ3n) is 4.35. The van der Waals surface area contributed by atoms with Crippen molar-refractivity contribution in [3.05, 3.63) is 51.5 Å². The number of quaternary nitrogens is 1. The number of nitro benzene ring substituents is 1. The van der Waals surface area contributed by atoms with Crippen LogP contribution in [0.5, 0.6) is 5.75 Å². The third kappa shape index (κ3) is 6.65. The molecule has 30 heavy (non-hydrogen) atoms. The van der Waals surface area contributed by atoms with E-state index in [9.17, 15) is 15.2 Å². The molecule has 0 fully saturated rings. The van der Waals surface area contributed by atoms with Crippen LogP contribution in [0.15, 0.2) is 46.6 Å². The maximum atomic E-state index is 10.8. The lowest BCUT2D eigenvalue weighted by molar-refractivity contribution is -0.868. The number of rotatable bonds is 10. The average Bonchev–Trinajstić information content (AvgIpc) is 2.69. The van der Waals surface area contributed by atoms with Gasteiger partial charge in [0.15, 0.2) is 0 Å². The van der Waals surface area contributed by atoms with Gasteiger partial charge in [0, 0.05) is 30.4 Å². The Kier molecular flexibility index (Phi) is 8.10. The minimum atomic E-state index is -0.523. The zero-order valence-electron chi connectivity index (χ0n) is 17.6. The highest BCUT2D eigenvalue weighted by atomic mass is 35.5. The average molecular weight is 437 g/mol. The highest BCUT2D eigenvalue weighted by Gasteiger charge is 2.15.